The molecule has 1 unspecified atom stereocenters. The summed E-state index contributed by atoms with van der Waals surface area (Å²) in [6, 6.07) is 2.99. The van der Waals surface area contributed by atoms with Crippen LogP contribution in [0.2, 0.25) is 0 Å². The van der Waals surface area contributed by atoms with Crippen LogP contribution in [-0.2, 0) is 0 Å². The van der Waals surface area contributed by atoms with Gasteiger partial charge in [0.05, 0.1) is 0 Å². The molecule has 0 spiro atoms. The summed E-state index contributed by atoms with van der Waals surface area (Å²) in [5, 5.41) is 8.73. The van der Waals surface area contributed by atoms with Crippen molar-refractivity contribution in [3.8, 4) is 0 Å². The fourth-order valence-corrected chi connectivity index (χ4v) is 1.90. The SMILES string of the molecule is Cc1ccc(Br)c(C(N)CCO)c1F. The Kier molecular flexibility index (Phi) is 4.04. The second-order valence-electron chi connectivity index (χ2n) is 3.21. The molecule has 0 radical (unpaired) electrons. The third-order valence-corrected chi connectivity index (χ3v) is 2.82. The lowest BCUT2D eigenvalue weighted by molar-refractivity contribution is 0.275. The summed E-state index contributed by atoms with van der Waals surface area (Å²) >= 11 is 3.25. The Hall–Kier alpha value is -0.450. The van der Waals surface area contributed by atoms with E-state index in [-0.39, 0.29) is 12.4 Å². The van der Waals surface area contributed by atoms with Gasteiger partial charge in [0.25, 0.3) is 0 Å². The highest BCUT2D eigenvalue weighted by Gasteiger charge is 2.16. The Morgan fingerprint density at radius 3 is 2.79 bits per heavy atom. The van der Waals surface area contributed by atoms with E-state index in [0.717, 1.165) is 0 Å². The van der Waals surface area contributed by atoms with E-state index in [2.05, 4.69) is 15.9 Å². The van der Waals surface area contributed by atoms with E-state index in [9.17, 15) is 4.39 Å². The van der Waals surface area contributed by atoms with Crippen LogP contribution >= 0.6 is 15.9 Å². The fraction of sp³-hybridized carbons (Fsp3) is 0.400. The summed E-state index contributed by atoms with van der Waals surface area (Å²) in [5.41, 5.74) is 6.76. The molecule has 0 aliphatic carbocycles. The fourth-order valence-electron chi connectivity index (χ4n) is 1.30. The molecule has 1 aromatic carbocycles. The number of aliphatic hydroxyl groups excluding tert-OH is 1. The molecule has 3 N–H and O–H groups in total. The third-order valence-electron chi connectivity index (χ3n) is 2.13. The minimum atomic E-state index is -0.464. The largest absolute Gasteiger partial charge is 0.396 e. The second kappa shape index (κ2) is 4.87. The van der Waals surface area contributed by atoms with Gasteiger partial charge in [-0.05, 0) is 25.0 Å². The van der Waals surface area contributed by atoms with Crippen molar-refractivity contribution in [2.24, 2.45) is 5.73 Å². The molecule has 0 saturated carbocycles. The van der Waals surface area contributed by atoms with Gasteiger partial charge >= 0.3 is 0 Å². The van der Waals surface area contributed by atoms with E-state index in [1.54, 1.807) is 19.1 Å². The average molecular weight is 262 g/mol. The highest BCUT2D eigenvalue weighted by atomic mass is 79.9. The summed E-state index contributed by atoms with van der Waals surface area (Å²) < 4.78 is 14.3. The topological polar surface area (TPSA) is 46.2 Å². The lowest BCUT2D eigenvalue weighted by Gasteiger charge is -2.14. The van der Waals surface area contributed by atoms with Crippen LogP contribution in [-0.4, -0.2) is 11.7 Å². The highest BCUT2D eigenvalue weighted by molar-refractivity contribution is 9.10. The van der Waals surface area contributed by atoms with Crippen molar-refractivity contribution >= 4 is 15.9 Å². The van der Waals surface area contributed by atoms with Gasteiger partial charge in [0, 0.05) is 22.7 Å². The van der Waals surface area contributed by atoms with E-state index in [1.165, 1.54) is 0 Å². The average Bonchev–Trinajstić information content (AvgIpc) is 2.13. The molecule has 4 heteroatoms. The van der Waals surface area contributed by atoms with Crippen molar-refractivity contribution in [1.29, 1.82) is 0 Å². The van der Waals surface area contributed by atoms with Crippen LogP contribution in [0.3, 0.4) is 0 Å². The monoisotopic (exact) mass is 261 g/mol. The van der Waals surface area contributed by atoms with Gasteiger partial charge in [0.2, 0.25) is 0 Å². The van der Waals surface area contributed by atoms with Gasteiger partial charge in [0.1, 0.15) is 5.82 Å². The Labute approximate surface area is 91.1 Å². The number of aryl methyl sites for hydroxylation is 1. The van der Waals surface area contributed by atoms with E-state index in [4.69, 9.17) is 10.8 Å². The van der Waals surface area contributed by atoms with E-state index < -0.39 is 6.04 Å². The molecule has 0 fully saturated rings. The van der Waals surface area contributed by atoms with Crippen LogP contribution < -0.4 is 5.73 Å². The van der Waals surface area contributed by atoms with Crippen LogP contribution in [0.5, 0.6) is 0 Å². The minimum Gasteiger partial charge on any atom is -0.396 e. The quantitative estimate of drug-likeness (QED) is 0.877. The summed E-state index contributed by atoms with van der Waals surface area (Å²) in [7, 11) is 0. The standard InChI is InChI=1S/C10H13BrFNO/c1-6-2-3-7(11)9(10(6)12)8(13)4-5-14/h2-3,8,14H,4-5,13H2,1H3. The normalized spacial score (nSPS) is 12.9. The zero-order chi connectivity index (χ0) is 10.7. The molecule has 0 aliphatic rings. The van der Waals surface area contributed by atoms with Crippen molar-refractivity contribution in [2.75, 3.05) is 6.61 Å². The molecular weight excluding hydrogens is 249 g/mol. The van der Waals surface area contributed by atoms with E-state index in [1.807, 2.05) is 0 Å². The minimum absolute atomic E-state index is 0.0407. The van der Waals surface area contributed by atoms with E-state index in [0.29, 0.717) is 22.0 Å². The first-order valence-electron chi connectivity index (χ1n) is 4.39. The third kappa shape index (κ3) is 2.32. The molecule has 0 aliphatic heterocycles. The van der Waals surface area contributed by atoms with Crippen molar-refractivity contribution in [1.82, 2.24) is 0 Å². The van der Waals surface area contributed by atoms with Crippen molar-refractivity contribution in [3.63, 3.8) is 0 Å². The lowest BCUT2D eigenvalue weighted by atomic mass is 10.0. The Bertz CT molecular complexity index is 330. The van der Waals surface area contributed by atoms with Crippen LogP contribution in [0.15, 0.2) is 16.6 Å². The molecule has 0 saturated heterocycles. The van der Waals surface area contributed by atoms with E-state index >= 15 is 0 Å². The van der Waals surface area contributed by atoms with Crippen LogP contribution in [0.25, 0.3) is 0 Å². The smallest absolute Gasteiger partial charge is 0.132 e. The molecule has 1 atom stereocenters. The first-order valence-corrected chi connectivity index (χ1v) is 5.18. The number of aliphatic hydroxyl groups is 1. The van der Waals surface area contributed by atoms with Crippen molar-refractivity contribution in [2.45, 2.75) is 19.4 Å². The number of benzene rings is 1. The van der Waals surface area contributed by atoms with Gasteiger partial charge in [-0.2, -0.15) is 0 Å². The molecule has 2 nitrogen and oxygen atoms in total. The zero-order valence-electron chi connectivity index (χ0n) is 7.93. The van der Waals surface area contributed by atoms with Gasteiger partial charge in [-0.1, -0.05) is 22.0 Å². The molecule has 0 bridgehead atoms. The van der Waals surface area contributed by atoms with Gasteiger partial charge < -0.3 is 10.8 Å². The number of halogens is 2. The van der Waals surface area contributed by atoms with Gasteiger partial charge in [-0.3, -0.25) is 0 Å². The van der Waals surface area contributed by atoms with Crippen molar-refractivity contribution < 1.29 is 9.50 Å². The molecule has 0 heterocycles. The highest BCUT2D eigenvalue weighted by Crippen LogP contribution is 2.28. The number of nitrogens with two attached hydrogens (primary N) is 1. The van der Waals surface area contributed by atoms with Gasteiger partial charge in [-0.25, -0.2) is 4.39 Å². The summed E-state index contributed by atoms with van der Waals surface area (Å²) in [6.07, 6.45) is 0.360. The molecule has 14 heavy (non-hydrogen) atoms. The predicted octanol–water partition coefficient (Wildman–Crippen LogP) is 2.28. The second-order valence-corrected chi connectivity index (χ2v) is 4.07. The predicted molar refractivity (Wildman–Crippen MR) is 57.5 cm³/mol. The molecule has 78 valence electrons. The summed E-state index contributed by atoms with van der Waals surface area (Å²) in [6.45, 7) is 1.65. The summed E-state index contributed by atoms with van der Waals surface area (Å²) in [5.74, 6) is -0.291. The number of hydrogen-bond donors (Lipinski definition) is 2. The first kappa shape index (κ1) is 11.6. The maximum absolute atomic E-state index is 13.6. The zero-order valence-corrected chi connectivity index (χ0v) is 9.51. The molecule has 1 aromatic rings. The maximum atomic E-state index is 13.6. The number of hydrogen-bond acceptors (Lipinski definition) is 2. The molecule has 1 rings (SSSR count). The lowest BCUT2D eigenvalue weighted by Crippen LogP contribution is -2.15. The Morgan fingerprint density at radius 2 is 2.21 bits per heavy atom. The Balaban J connectivity index is 3.11. The first-order chi connectivity index (χ1) is 6.57. The van der Waals surface area contributed by atoms with Crippen LogP contribution in [0.1, 0.15) is 23.6 Å². The van der Waals surface area contributed by atoms with Crippen LogP contribution in [0, 0.1) is 12.7 Å². The van der Waals surface area contributed by atoms with Crippen molar-refractivity contribution in [3.05, 3.63) is 33.5 Å². The number of rotatable bonds is 3. The maximum Gasteiger partial charge on any atom is 0.132 e. The summed E-state index contributed by atoms with van der Waals surface area (Å²) in [4.78, 5) is 0. The van der Waals surface area contributed by atoms with Crippen LogP contribution in [0.4, 0.5) is 4.39 Å². The molecular formula is C10H13BrFNO. The molecule has 0 amide bonds. The molecule has 0 aromatic heterocycles. The Morgan fingerprint density at radius 1 is 1.57 bits per heavy atom. The van der Waals surface area contributed by atoms with Gasteiger partial charge in [0.15, 0.2) is 0 Å². The van der Waals surface area contributed by atoms with Gasteiger partial charge in [-0.15, -0.1) is 0 Å².